The van der Waals surface area contributed by atoms with Crippen LogP contribution in [0.3, 0.4) is 0 Å². The normalized spacial score (nSPS) is 15.1. The Bertz CT molecular complexity index is 395. The molecular weight excluding hydrogens is 194 g/mol. The van der Waals surface area contributed by atoms with Crippen molar-refractivity contribution in [3.8, 4) is 5.75 Å². The van der Waals surface area contributed by atoms with Crippen LogP contribution in [0.4, 0.5) is 0 Å². The first-order valence-corrected chi connectivity index (χ1v) is 4.76. The second-order valence-corrected chi connectivity index (χ2v) is 3.35. The highest BCUT2D eigenvalue weighted by atomic mass is 32.1. The van der Waals surface area contributed by atoms with Gasteiger partial charge in [0.1, 0.15) is 5.75 Å². The lowest BCUT2D eigenvalue weighted by atomic mass is 10.2. The van der Waals surface area contributed by atoms with Gasteiger partial charge in [-0.15, -0.1) is 0 Å². The number of hydrogen-bond donors (Lipinski definition) is 0. The summed E-state index contributed by atoms with van der Waals surface area (Å²) in [4.78, 5) is 4.83. The van der Waals surface area contributed by atoms with Crippen LogP contribution in [0.5, 0.6) is 5.75 Å². The van der Waals surface area contributed by atoms with Crippen LogP contribution < -0.4 is 4.74 Å². The third-order valence-electron chi connectivity index (χ3n) is 1.80. The fraction of sp³-hybridized carbons (Fsp3) is 0.0909. The molecular formula is C11H9NOS. The molecule has 0 fully saturated rings. The van der Waals surface area contributed by atoms with Crippen molar-refractivity contribution in [1.82, 2.24) is 0 Å². The zero-order valence-corrected chi connectivity index (χ0v) is 8.33. The molecule has 0 saturated heterocycles. The van der Waals surface area contributed by atoms with Gasteiger partial charge in [0.25, 0.3) is 0 Å². The fourth-order valence-electron chi connectivity index (χ4n) is 1.12. The molecule has 0 amide bonds. The molecule has 0 atom stereocenters. The molecule has 3 heteroatoms. The molecule has 1 aromatic rings. The van der Waals surface area contributed by atoms with E-state index in [1.54, 1.807) is 6.20 Å². The predicted molar refractivity (Wildman–Crippen MR) is 60.9 cm³/mol. The van der Waals surface area contributed by atoms with Crippen LogP contribution >= 0.6 is 12.2 Å². The second-order valence-electron chi connectivity index (χ2n) is 2.86. The molecule has 0 saturated carbocycles. The minimum Gasteiger partial charge on any atom is -0.438 e. The van der Waals surface area contributed by atoms with E-state index in [4.69, 9.17) is 17.0 Å². The number of benzene rings is 1. The smallest absolute Gasteiger partial charge is 0.233 e. The van der Waals surface area contributed by atoms with Crippen molar-refractivity contribution < 1.29 is 4.74 Å². The number of ether oxygens (including phenoxy) is 1. The van der Waals surface area contributed by atoms with Crippen LogP contribution in [0.25, 0.3) is 0 Å². The quantitative estimate of drug-likeness (QED) is 0.654. The summed E-state index contributed by atoms with van der Waals surface area (Å²) in [7, 11) is 0. The van der Waals surface area contributed by atoms with Crippen molar-refractivity contribution in [3.05, 3.63) is 42.6 Å². The summed E-state index contributed by atoms with van der Waals surface area (Å²) in [5.41, 5.74) is 0. The number of nitrogens with zero attached hydrogens (tertiary/aromatic N) is 1. The molecule has 0 aliphatic carbocycles. The number of aliphatic imine (C=N–C) groups is 1. The highest BCUT2D eigenvalue weighted by molar-refractivity contribution is 7.82. The second kappa shape index (κ2) is 4.15. The zero-order chi connectivity index (χ0) is 9.80. The van der Waals surface area contributed by atoms with E-state index in [0.29, 0.717) is 5.90 Å². The van der Waals surface area contributed by atoms with Crippen molar-refractivity contribution in [2.45, 2.75) is 6.42 Å². The first-order valence-electron chi connectivity index (χ1n) is 4.35. The Morgan fingerprint density at radius 3 is 2.71 bits per heavy atom. The van der Waals surface area contributed by atoms with Gasteiger partial charge >= 0.3 is 0 Å². The number of allylic oxidation sites excluding steroid dienone is 1. The largest absolute Gasteiger partial charge is 0.438 e. The highest BCUT2D eigenvalue weighted by Gasteiger charge is 2.10. The van der Waals surface area contributed by atoms with E-state index in [2.05, 4.69) is 4.99 Å². The summed E-state index contributed by atoms with van der Waals surface area (Å²) < 4.78 is 5.53. The molecule has 2 rings (SSSR count). The first kappa shape index (κ1) is 9.09. The van der Waals surface area contributed by atoms with Gasteiger partial charge in [0.05, 0.1) is 4.86 Å². The predicted octanol–water partition coefficient (Wildman–Crippen LogP) is 2.75. The van der Waals surface area contributed by atoms with Gasteiger partial charge in [-0.05, 0) is 12.1 Å². The van der Waals surface area contributed by atoms with Gasteiger partial charge in [-0.3, -0.25) is 0 Å². The molecule has 2 nitrogen and oxygen atoms in total. The summed E-state index contributed by atoms with van der Waals surface area (Å²) in [6, 6.07) is 9.52. The Kier molecular flexibility index (Phi) is 2.70. The number of hydrogen-bond acceptors (Lipinski definition) is 3. The topological polar surface area (TPSA) is 21.6 Å². The van der Waals surface area contributed by atoms with Crippen LogP contribution in [0.2, 0.25) is 0 Å². The summed E-state index contributed by atoms with van der Waals surface area (Å²) in [5, 5.41) is 0. The Morgan fingerprint density at radius 1 is 1.21 bits per heavy atom. The molecule has 1 aliphatic rings. The maximum absolute atomic E-state index is 5.53. The third kappa shape index (κ3) is 2.06. The molecule has 0 radical (unpaired) electrons. The van der Waals surface area contributed by atoms with E-state index in [-0.39, 0.29) is 0 Å². The number of thiocarbonyl (C=S) groups is 1. The van der Waals surface area contributed by atoms with Crippen molar-refractivity contribution in [1.29, 1.82) is 0 Å². The zero-order valence-electron chi connectivity index (χ0n) is 7.51. The van der Waals surface area contributed by atoms with Crippen LogP contribution in [0.15, 0.2) is 47.6 Å². The van der Waals surface area contributed by atoms with Crippen molar-refractivity contribution >= 4 is 23.0 Å². The summed E-state index contributed by atoms with van der Waals surface area (Å²) >= 11 is 5.12. The lowest BCUT2D eigenvalue weighted by Crippen LogP contribution is -2.19. The molecule has 1 aromatic carbocycles. The van der Waals surface area contributed by atoms with E-state index in [9.17, 15) is 0 Å². The monoisotopic (exact) mass is 203 g/mol. The molecule has 70 valence electrons. The maximum atomic E-state index is 5.53. The molecule has 0 N–H and O–H groups in total. The number of rotatable bonds is 1. The van der Waals surface area contributed by atoms with Gasteiger partial charge in [-0.2, -0.15) is 0 Å². The van der Waals surface area contributed by atoms with Crippen LogP contribution in [-0.4, -0.2) is 10.8 Å². The Hall–Kier alpha value is -1.48. The van der Waals surface area contributed by atoms with Crippen molar-refractivity contribution in [3.63, 3.8) is 0 Å². The van der Waals surface area contributed by atoms with Crippen LogP contribution in [-0.2, 0) is 0 Å². The van der Waals surface area contributed by atoms with E-state index in [1.165, 1.54) is 0 Å². The van der Waals surface area contributed by atoms with Gasteiger partial charge in [0.15, 0.2) is 0 Å². The minimum atomic E-state index is 0.536. The van der Waals surface area contributed by atoms with Gasteiger partial charge in [-0.1, -0.05) is 36.5 Å². The molecule has 0 aromatic heterocycles. The average molecular weight is 203 g/mol. The average Bonchev–Trinajstić information content (AvgIpc) is 2.23. The lowest BCUT2D eigenvalue weighted by Gasteiger charge is -2.10. The minimum absolute atomic E-state index is 0.536. The van der Waals surface area contributed by atoms with Crippen LogP contribution in [0, 0.1) is 0 Å². The molecule has 0 unspecified atom stereocenters. The van der Waals surface area contributed by atoms with Crippen molar-refractivity contribution in [2.75, 3.05) is 0 Å². The first-order chi connectivity index (χ1) is 6.86. The Labute approximate surface area is 87.9 Å². The lowest BCUT2D eigenvalue weighted by molar-refractivity contribution is 0.560. The third-order valence-corrected chi connectivity index (χ3v) is 2.14. The Morgan fingerprint density at radius 2 is 2.00 bits per heavy atom. The van der Waals surface area contributed by atoms with Gasteiger partial charge in [0, 0.05) is 12.6 Å². The van der Waals surface area contributed by atoms with Crippen molar-refractivity contribution in [2.24, 2.45) is 4.99 Å². The van der Waals surface area contributed by atoms with E-state index >= 15 is 0 Å². The molecule has 0 bridgehead atoms. The maximum Gasteiger partial charge on any atom is 0.233 e. The van der Waals surface area contributed by atoms with Gasteiger partial charge < -0.3 is 4.74 Å². The van der Waals surface area contributed by atoms with Crippen LogP contribution in [0.1, 0.15) is 6.42 Å². The molecule has 0 spiro atoms. The fourth-order valence-corrected chi connectivity index (χ4v) is 1.31. The van der Waals surface area contributed by atoms with E-state index < -0.39 is 0 Å². The standard InChI is InChI=1S/C11H9NOS/c14-10-7-4-8-12-11(10)13-9-5-2-1-3-6-9/h1-6,8H,7H2. The van der Waals surface area contributed by atoms with E-state index in [1.807, 2.05) is 36.4 Å². The summed E-state index contributed by atoms with van der Waals surface area (Å²) in [5.74, 6) is 1.30. The highest BCUT2D eigenvalue weighted by Crippen LogP contribution is 2.11. The van der Waals surface area contributed by atoms with Gasteiger partial charge in [-0.25, -0.2) is 4.99 Å². The Balaban J connectivity index is 2.15. The summed E-state index contributed by atoms with van der Waals surface area (Å²) in [6.45, 7) is 0. The molecule has 1 aliphatic heterocycles. The van der Waals surface area contributed by atoms with Gasteiger partial charge in [0.2, 0.25) is 5.90 Å². The van der Waals surface area contributed by atoms with E-state index in [0.717, 1.165) is 17.0 Å². The number of para-hydroxylation sites is 1. The molecule has 14 heavy (non-hydrogen) atoms. The summed E-state index contributed by atoms with van der Waals surface area (Å²) in [6.07, 6.45) is 4.37. The SMILES string of the molecule is S=C1CC=CN=C1Oc1ccccc1. The molecule has 1 heterocycles.